The first-order chi connectivity index (χ1) is 50.0. The number of carbonyl (C=O) groups excluding carboxylic acids is 4. The zero-order valence-corrected chi connectivity index (χ0v) is 69.3. The molecule has 0 bridgehead atoms. The highest BCUT2D eigenvalue weighted by Gasteiger charge is 2.30. The molecule has 0 rings (SSSR count). The Kier molecular flexibility index (Phi) is 75.4. The van der Waals surface area contributed by atoms with Crippen LogP contribution < -0.4 is 0 Å². The molecule has 0 aliphatic rings. The number of hydrogen-bond acceptors (Lipinski definition) is 15. The molecule has 5 atom stereocenters. The second-order valence-corrected chi connectivity index (χ2v) is 33.6. The van der Waals surface area contributed by atoms with Crippen molar-refractivity contribution in [1.82, 2.24) is 0 Å². The highest BCUT2D eigenvalue weighted by molar-refractivity contribution is 7.47. The van der Waals surface area contributed by atoms with Crippen molar-refractivity contribution in [3.63, 3.8) is 0 Å². The number of phosphoric acid groups is 2. The standard InChI is InChI=1S/C84H164O17P2/c1-6-9-12-15-18-20-22-24-26-28-30-32-36-40-44-48-53-58-63-68-82(87)95-74-80(101-84(89)70-65-60-55-50-46-42-38-34-33-35-39-43-47-52-56-61-66-77(4)5)76-99-103(92,93)97-72-78(85)71-96-102(90,91)98-75-79(73-94-81(86)67-62-57-51-17-14-11-8-3)100-83(88)69-64-59-54-49-45-41-37-31-29-27-25-23-21-19-16-13-10-7-2/h77-80,85H,6-76H2,1-5H3,(H,90,91)(H,92,93)/t78-,79+,80+/m0/s1. The quantitative estimate of drug-likeness (QED) is 0.0222. The summed E-state index contributed by atoms with van der Waals surface area (Å²) in [6.45, 7) is 7.34. The van der Waals surface area contributed by atoms with Crippen LogP contribution in [-0.2, 0) is 65.4 Å². The highest BCUT2D eigenvalue weighted by atomic mass is 31.2. The van der Waals surface area contributed by atoms with E-state index in [4.69, 9.17) is 37.0 Å². The van der Waals surface area contributed by atoms with Gasteiger partial charge in [-0.3, -0.25) is 37.3 Å². The molecule has 0 saturated heterocycles. The zero-order chi connectivity index (χ0) is 75.5. The van der Waals surface area contributed by atoms with Crippen molar-refractivity contribution < 1.29 is 80.2 Å². The van der Waals surface area contributed by atoms with Crippen molar-refractivity contribution >= 4 is 39.5 Å². The maximum absolute atomic E-state index is 13.1. The molecule has 0 aromatic carbocycles. The molecular weight excluding hydrogens is 1340 g/mol. The van der Waals surface area contributed by atoms with Gasteiger partial charge in [0.25, 0.3) is 0 Å². The smallest absolute Gasteiger partial charge is 0.462 e. The van der Waals surface area contributed by atoms with E-state index in [0.717, 1.165) is 109 Å². The van der Waals surface area contributed by atoms with E-state index >= 15 is 0 Å². The Hall–Kier alpha value is -1.94. The Morgan fingerprint density at radius 2 is 0.447 bits per heavy atom. The molecular formula is C84H164O17P2. The summed E-state index contributed by atoms with van der Waals surface area (Å²) in [4.78, 5) is 73.0. The van der Waals surface area contributed by atoms with E-state index in [1.807, 2.05) is 0 Å². The average molecular weight is 1510 g/mol. The minimum Gasteiger partial charge on any atom is -0.462 e. The summed E-state index contributed by atoms with van der Waals surface area (Å²) in [7, 11) is -9.92. The monoisotopic (exact) mass is 1510 g/mol. The molecule has 612 valence electrons. The van der Waals surface area contributed by atoms with Gasteiger partial charge in [0.2, 0.25) is 0 Å². The van der Waals surface area contributed by atoms with E-state index in [1.165, 1.54) is 263 Å². The van der Waals surface area contributed by atoms with E-state index in [9.17, 15) is 43.2 Å². The van der Waals surface area contributed by atoms with Crippen LogP contribution in [0.1, 0.15) is 452 Å². The third kappa shape index (κ3) is 78.0. The summed E-state index contributed by atoms with van der Waals surface area (Å²) in [5, 5.41) is 10.6. The highest BCUT2D eigenvalue weighted by Crippen LogP contribution is 2.45. The van der Waals surface area contributed by atoms with Crippen molar-refractivity contribution in [2.45, 2.75) is 470 Å². The third-order valence-electron chi connectivity index (χ3n) is 19.8. The first-order valence-corrected chi connectivity index (χ1v) is 46.6. The topological polar surface area (TPSA) is 237 Å². The number of hydrogen-bond donors (Lipinski definition) is 3. The van der Waals surface area contributed by atoms with E-state index in [1.54, 1.807) is 0 Å². The molecule has 0 aliphatic carbocycles. The van der Waals surface area contributed by atoms with Gasteiger partial charge in [0.1, 0.15) is 19.3 Å². The van der Waals surface area contributed by atoms with Crippen LogP contribution in [0.5, 0.6) is 0 Å². The molecule has 3 N–H and O–H groups in total. The zero-order valence-electron chi connectivity index (χ0n) is 67.5. The van der Waals surface area contributed by atoms with E-state index in [0.29, 0.717) is 25.7 Å². The number of aliphatic hydroxyl groups is 1. The summed E-state index contributed by atoms with van der Waals surface area (Å²) in [6, 6.07) is 0. The SMILES string of the molecule is CCCCCCCCCCCCCCCCCCCCCC(=O)OC[C@H](COP(=O)(O)OC[C@@H](O)COP(=O)(O)OC[C@@H](COC(=O)CCCCCCCCC)OC(=O)CCCCCCCCCCCCCCCCCCCC)OC(=O)CCCCCCCCCCCCCCCCCCC(C)C. The normalized spacial score (nSPS) is 13.8. The van der Waals surface area contributed by atoms with Gasteiger partial charge < -0.3 is 33.8 Å². The van der Waals surface area contributed by atoms with Crippen LogP contribution in [-0.4, -0.2) is 96.7 Å². The summed E-state index contributed by atoms with van der Waals surface area (Å²) in [5.41, 5.74) is 0. The van der Waals surface area contributed by atoms with Gasteiger partial charge >= 0.3 is 39.5 Å². The van der Waals surface area contributed by atoms with Gasteiger partial charge in [-0.1, -0.05) is 401 Å². The van der Waals surface area contributed by atoms with Crippen molar-refractivity contribution in [1.29, 1.82) is 0 Å². The van der Waals surface area contributed by atoms with Gasteiger partial charge in [-0.2, -0.15) is 0 Å². The van der Waals surface area contributed by atoms with Crippen LogP contribution in [0.15, 0.2) is 0 Å². The third-order valence-corrected chi connectivity index (χ3v) is 21.7. The van der Waals surface area contributed by atoms with Crippen LogP contribution in [0.4, 0.5) is 0 Å². The lowest BCUT2D eigenvalue weighted by atomic mass is 10.0. The van der Waals surface area contributed by atoms with Crippen LogP contribution in [0.25, 0.3) is 0 Å². The van der Waals surface area contributed by atoms with Crippen molar-refractivity contribution in [3.05, 3.63) is 0 Å². The molecule has 103 heavy (non-hydrogen) atoms. The molecule has 0 amide bonds. The Morgan fingerprint density at radius 3 is 0.660 bits per heavy atom. The molecule has 0 heterocycles. The number of phosphoric ester groups is 2. The number of esters is 4. The molecule has 0 radical (unpaired) electrons. The Bertz CT molecular complexity index is 1960. The first-order valence-electron chi connectivity index (χ1n) is 43.6. The molecule has 0 aliphatic heterocycles. The minimum atomic E-state index is -4.96. The van der Waals surface area contributed by atoms with Crippen molar-refractivity contribution in [3.8, 4) is 0 Å². The lowest BCUT2D eigenvalue weighted by Gasteiger charge is -2.21. The molecule has 17 nitrogen and oxygen atoms in total. The first kappa shape index (κ1) is 101. The van der Waals surface area contributed by atoms with Crippen molar-refractivity contribution in [2.24, 2.45) is 5.92 Å². The predicted octanol–water partition coefficient (Wildman–Crippen LogP) is 25.6. The summed E-state index contributed by atoms with van der Waals surface area (Å²) in [6.07, 6.45) is 69.6. The summed E-state index contributed by atoms with van der Waals surface area (Å²) < 4.78 is 68.7. The van der Waals surface area contributed by atoms with Gasteiger partial charge in [-0.15, -0.1) is 0 Å². The van der Waals surface area contributed by atoms with Crippen molar-refractivity contribution in [2.75, 3.05) is 39.6 Å². The average Bonchev–Trinajstić information content (AvgIpc) is 0.946. The number of rotatable bonds is 84. The van der Waals surface area contributed by atoms with Gasteiger partial charge in [-0.05, 0) is 31.6 Å². The number of carbonyl (C=O) groups is 4. The molecule has 0 aromatic rings. The number of aliphatic hydroxyl groups excluding tert-OH is 1. The maximum atomic E-state index is 13.1. The van der Waals surface area contributed by atoms with Gasteiger partial charge in [0.15, 0.2) is 12.2 Å². The Labute approximate surface area is 632 Å². The largest absolute Gasteiger partial charge is 0.472 e. The fourth-order valence-corrected chi connectivity index (χ4v) is 14.7. The molecule has 19 heteroatoms. The number of unbranched alkanes of at least 4 members (excludes halogenated alkanes) is 56. The fourth-order valence-electron chi connectivity index (χ4n) is 13.1. The van der Waals surface area contributed by atoms with E-state index in [2.05, 4.69) is 34.6 Å². The molecule has 0 saturated carbocycles. The Morgan fingerprint density at radius 1 is 0.262 bits per heavy atom. The summed E-state index contributed by atoms with van der Waals surface area (Å²) in [5.74, 6) is -1.30. The van der Waals surface area contributed by atoms with Gasteiger partial charge in [0, 0.05) is 25.7 Å². The number of ether oxygens (including phenoxy) is 4. The maximum Gasteiger partial charge on any atom is 0.472 e. The molecule has 0 fully saturated rings. The van der Waals surface area contributed by atoms with Crippen LogP contribution in [0.2, 0.25) is 0 Å². The summed E-state index contributed by atoms with van der Waals surface area (Å²) >= 11 is 0. The Balaban J connectivity index is 5.16. The van der Waals surface area contributed by atoms with Crippen LogP contribution >= 0.6 is 15.6 Å². The predicted molar refractivity (Wildman–Crippen MR) is 423 cm³/mol. The minimum absolute atomic E-state index is 0.109. The van der Waals surface area contributed by atoms with Crippen LogP contribution in [0.3, 0.4) is 0 Å². The second-order valence-electron chi connectivity index (χ2n) is 30.7. The molecule has 0 aromatic heterocycles. The molecule has 2 unspecified atom stereocenters. The second kappa shape index (κ2) is 76.8. The fraction of sp³-hybridized carbons (Fsp3) is 0.952. The van der Waals surface area contributed by atoms with Crippen LogP contribution in [0, 0.1) is 5.92 Å². The van der Waals surface area contributed by atoms with E-state index in [-0.39, 0.29) is 25.7 Å². The molecule has 0 spiro atoms. The lowest BCUT2D eigenvalue weighted by Crippen LogP contribution is -2.30. The van der Waals surface area contributed by atoms with Gasteiger partial charge in [0.05, 0.1) is 26.4 Å². The van der Waals surface area contributed by atoms with E-state index < -0.39 is 97.5 Å². The lowest BCUT2D eigenvalue weighted by molar-refractivity contribution is -0.161. The van der Waals surface area contributed by atoms with Gasteiger partial charge in [-0.25, -0.2) is 9.13 Å².